The van der Waals surface area contributed by atoms with Crippen molar-refractivity contribution in [1.29, 1.82) is 0 Å². The third-order valence-electron chi connectivity index (χ3n) is 4.23. The molecule has 0 spiro atoms. The van der Waals surface area contributed by atoms with Crippen LogP contribution in [0.5, 0.6) is 0 Å². The maximum Gasteiger partial charge on any atom is 0.252 e. The molecule has 2 aromatic rings. The van der Waals surface area contributed by atoms with Gasteiger partial charge in [-0.1, -0.05) is 43.3 Å². The van der Waals surface area contributed by atoms with Gasteiger partial charge in [-0.15, -0.1) is 35.3 Å². The molecule has 1 aromatic heterocycles. The minimum atomic E-state index is -3.42. The number of sulfonamides is 1. The van der Waals surface area contributed by atoms with Gasteiger partial charge in [0.1, 0.15) is 4.21 Å². The van der Waals surface area contributed by atoms with Gasteiger partial charge in [-0.3, -0.25) is 4.99 Å². The smallest absolute Gasteiger partial charge is 0.252 e. The highest BCUT2D eigenvalue weighted by Crippen LogP contribution is 2.19. The largest absolute Gasteiger partial charge is 0.376 e. The Morgan fingerprint density at radius 3 is 2.57 bits per heavy atom. The standard InChI is InChI=1S/C20H30N4O3S2.HI/c1-17(15-27-16-18-8-5-4-6-9-18)14-23-20(21-2)22-11-12-24(3)29(25,26)19-10-7-13-28-19;/h4-10,13,17H,11-12,14-16H2,1-3H3,(H2,21,22,23);1H. The number of likely N-dealkylation sites (N-methyl/N-ethyl adjacent to an activating group) is 1. The van der Waals surface area contributed by atoms with Gasteiger partial charge in [0, 0.05) is 33.7 Å². The first-order valence-electron chi connectivity index (χ1n) is 9.49. The number of ether oxygens (including phenoxy) is 1. The summed E-state index contributed by atoms with van der Waals surface area (Å²) in [6.45, 7) is 4.85. The second-order valence-corrected chi connectivity index (χ2v) is 9.96. The molecule has 0 aliphatic heterocycles. The average molecular weight is 567 g/mol. The van der Waals surface area contributed by atoms with Crippen molar-refractivity contribution in [3.63, 3.8) is 0 Å². The molecule has 0 amide bonds. The fourth-order valence-corrected chi connectivity index (χ4v) is 4.89. The van der Waals surface area contributed by atoms with Crippen molar-refractivity contribution < 1.29 is 13.2 Å². The molecule has 7 nitrogen and oxygen atoms in total. The lowest BCUT2D eigenvalue weighted by Gasteiger charge is -2.19. The summed E-state index contributed by atoms with van der Waals surface area (Å²) in [5.41, 5.74) is 1.16. The number of benzene rings is 1. The molecule has 2 rings (SSSR count). The monoisotopic (exact) mass is 566 g/mol. The fourth-order valence-electron chi connectivity index (χ4n) is 2.52. The van der Waals surface area contributed by atoms with Crippen molar-refractivity contribution in [1.82, 2.24) is 14.9 Å². The molecule has 0 saturated carbocycles. The van der Waals surface area contributed by atoms with E-state index in [1.807, 2.05) is 30.3 Å². The van der Waals surface area contributed by atoms with E-state index in [0.717, 1.165) is 5.56 Å². The Morgan fingerprint density at radius 2 is 1.93 bits per heavy atom. The molecule has 1 heterocycles. The molecule has 10 heteroatoms. The van der Waals surface area contributed by atoms with Crippen molar-refractivity contribution in [3.8, 4) is 0 Å². The highest BCUT2D eigenvalue weighted by Gasteiger charge is 2.21. The number of halogens is 1. The van der Waals surface area contributed by atoms with E-state index < -0.39 is 10.0 Å². The van der Waals surface area contributed by atoms with Crippen LogP contribution in [-0.4, -0.2) is 59.0 Å². The summed E-state index contributed by atoms with van der Waals surface area (Å²) in [6, 6.07) is 13.4. The molecule has 1 atom stereocenters. The zero-order valence-corrected chi connectivity index (χ0v) is 21.5. The minimum Gasteiger partial charge on any atom is -0.376 e. The Hall–Kier alpha value is -1.21. The molecular formula is C20H31IN4O3S2. The SMILES string of the molecule is CN=C(NCCN(C)S(=O)(=O)c1cccs1)NCC(C)COCc1ccccc1.I. The van der Waals surface area contributed by atoms with Gasteiger partial charge in [-0.2, -0.15) is 4.31 Å². The van der Waals surface area contributed by atoms with Crippen LogP contribution in [0.3, 0.4) is 0 Å². The van der Waals surface area contributed by atoms with Gasteiger partial charge in [-0.25, -0.2) is 8.42 Å². The molecule has 2 N–H and O–H groups in total. The van der Waals surface area contributed by atoms with Gasteiger partial charge in [0.25, 0.3) is 10.0 Å². The number of hydrogen-bond acceptors (Lipinski definition) is 5. The molecule has 1 aromatic carbocycles. The molecule has 0 fully saturated rings. The van der Waals surface area contributed by atoms with Crippen LogP contribution in [0.4, 0.5) is 0 Å². The highest BCUT2D eigenvalue weighted by molar-refractivity contribution is 14.0. The maximum atomic E-state index is 12.4. The predicted molar refractivity (Wildman–Crippen MR) is 134 cm³/mol. The Balaban J connectivity index is 0.00000450. The van der Waals surface area contributed by atoms with Crippen molar-refractivity contribution in [2.45, 2.75) is 17.7 Å². The predicted octanol–water partition coefficient (Wildman–Crippen LogP) is 3.00. The van der Waals surface area contributed by atoms with Gasteiger partial charge in [0.2, 0.25) is 0 Å². The third kappa shape index (κ3) is 8.88. The van der Waals surface area contributed by atoms with Crippen LogP contribution in [0.1, 0.15) is 12.5 Å². The number of hydrogen-bond donors (Lipinski definition) is 2. The Bertz CT molecular complexity index is 846. The van der Waals surface area contributed by atoms with E-state index >= 15 is 0 Å². The first kappa shape index (κ1) is 26.8. The molecular weight excluding hydrogens is 535 g/mol. The average Bonchev–Trinajstić information content (AvgIpc) is 3.27. The molecule has 0 radical (unpaired) electrons. The Morgan fingerprint density at radius 1 is 1.20 bits per heavy atom. The van der Waals surface area contributed by atoms with Crippen LogP contribution < -0.4 is 10.6 Å². The van der Waals surface area contributed by atoms with E-state index in [-0.39, 0.29) is 24.0 Å². The summed E-state index contributed by atoms with van der Waals surface area (Å²) in [6.07, 6.45) is 0. The zero-order chi connectivity index (χ0) is 21.1. The normalized spacial score (nSPS) is 13.0. The first-order chi connectivity index (χ1) is 13.9. The molecule has 30 heavy (non-hydrogen) atoms. The minimum absolute atomic E-state index is 0. The quantitative estimate of drug-likeness (QED) is 0.248. The van der Waals surface area contributed by atoms with Crippen LogP contribution in [0.25, 0.3) is 0 Å². The van der Waals surface area contributed by atoms with E-state index in [1.165, 1.54) is 15.6 Å². The molecule has 168 valence electrons. The molecule has 0 aliphatic rings. The molecule has 0 saturated heterocycles. The lowest BCUT2D eigenvalue weighted by atomic mass is 10.2. The van der Waals surface area contributed by atoms with Crippen LogP contribution >= 0.6 is 35.3 Å². The number of rotatable bonds is 11. The molecule has 1 unspecified atom stereocenters. The second-order valence-electron chi connectivity index (χ2n) is 6.74. The van der Waals surface area contributed by atoms with Crippen LogP contribution in [0.2, 0.25) is 0 Å². The lowest BCUT2D eigenvalue weighted by molar-refractivity contribution is 0.0931. The van der Waals surface area contributed by atoms with E-state index in [2.05, 4.69) is 22.5 Å². The van der Waals surface area contributed by atoms with Crippen molar-refractivity contribution >= 4 is 51.3 Å². The van der Waals surface area contributed by atoms with E-state index in [4.69, 9.17) is 4.74 Å². The van der Waals surface area contributed by atoms with E-state index in [1.54, 1.807) is 31.6 Å². The van der Waals surface area contributed by atoms with Crippen molar-refractivity contribution in [2.24, 2.45) is 10.9 Å². The van der Waals surface area contributed by atoms with Crippen LogP contribution in [0, 0.1) is 5.92 Å². The highest BCUT2D eigenvalue weighted by atomic mass is 127. The molecule has 0 bridgehead atoms. The summed E-state index contributed by atoms with van der Waals surface area (Å²) in [5, 5.41) is 8.16. The van der Waals surface area contributed by atoms with Gasteiger partial charge in [0.05, 0.1) is 13.2 Å². The van der Waals surface area contributed by atoms with E-state index in [0.29, 0.717) is 48.9 Å². The maximum absolute atomic E-state index is 12.4. The van der Waals surface area contributed by atoms with Gasteiger partial charge in [0.15, 0.2) is 5.96 Å². The summed E-state index contributed by atoms with van der Waals surface area (Å²) >= 11 is 1.22. The summed E-state index contributed by atoms with van der Waals surface area (Å²) in [5.74, 6) is 0.945. The number of thiophene rings is 1. The van der Waals surface area contributed by atoms with Crippen molar-refractivity contribution in [2.75, 3.05) is 40.3 Å². The third-order valence-corrected chi connectivity index (χ3v) is 7.46. The van der Waals surface area contributed by atoms with Crippen molar-refractivity contribution in [3.05, 3.63) is 53.4 Å². The summed E-state index contributed by atoms with van der Waals surface area (Å²) in [4.78, 5) is 4.18. The number of nitrogens with zero attached hydrogens (tertiary/aromatic N) is 2. The van der Waals surface area contributed by atoms with Gasteiger partial charge in [-0.05, 0) is 22.9 Å². The van der Waals surface area contributed by atoms with Crippen LogP contribution in [-0.2, 0) is 21.4 Å². The Kier molecular flexibility index (Phi) is 12.5. The lowest BCUT2D eigenvalue weighted by Crippen LogP contribution is -2.43. The number of nitrogens with one attached hydrogen (secondary N) is 2. The van der Waals surface area contributed by atoms with Crippen LogP contribution in [0.15, 0.2) is 57.0 Å². The zero-order valence-electron chi connectivity index (χ0n) is 17.6. The number of aliphatic imine (C=N–C) groups is 1. The van der Waals surface area contributed by atoms with Gasteiger partial charge < -0.3 is 15.4 Å². The van der Waals surface area contributed by atoms with E-state index in [9.17, 15) is 8.42 Å². The first-order valence-corrected chi connectivity index (χ1v) is 11.8. The van der Waals surface area contributed by atoms with Gasteiger partial charge >= 0.3 is 0 Å². The topological polar surface area (TPSA) is 83.0 Å². The number of guanidine groups is 1. The molecule has 0 aliphatic carbocycles. The summed E-state index contributed by atoms with van der Waals surface area (Å²) in [7, 11) is -0.149. The summed E-state index contributed by atoms with van der Waals surface area (Å²) < 4.78 is 32.3. The fraction of sp³-hybridized carbons (Fsp3) is 0.450. The second kappa shape index (κ2) is 14.0. The Labute approximate surface area is 201 Å².